The largest absolute Gasteiger partial charge is 0.481 e. The minimum absolute atomic E-state index is 0.0701. The molecule has 3 N–H and O–H groups in total. The van der Waals surface area contributed by atoms with Gasteiger partial charge in [0.05, 0.1) is 5.52 Å². The summed E-state index contributed by atoms with van der Waals surface area (Å²) in [4.78, 5) is 24.5. The minimum Gasteiger partial charge on any atom is -0.481 e. The molecule has 0 saturated heterocycles. The Balaban J connectivity index is 2.34. The van der Waals surface area contributed by atoms with Crippen molar-refractivity contribution in [2.45, 2.75) is 19.4 Å². The van der Waals surface area contributed by atoms with Crippen molar-refractivity contribution in [3.63, 3.8) is 0 Å². The molecule has 0 aliphatic heterocycles. The Kier molecular flexibility index (Phi) is 3.71. The average Bonchev–Trinajstić information content (AvgIpc) is 2.68. The number of nitrogens with one attached hydrogen (secondary N) is 2. The highest BCUT2D eigenvalue weighted by atomic mass is 16.4. The molecule has 0 saturated carbocycles. The summed E-state index contributed by atoms with van der Waals surface area (Å²) in [6, 6.07) is 5.26. The first-order valence-corrected chi connectivity index (χ1v) is 6.03. The number of oxazole rings is 1. The molecule has 19 heavy (non-hydrogen) atoms. The Morgan fingerprint density at radius 3 is 2.89 bits per heavy atom. The van der Waals surface area contributed by atoms with Crippen molar-refractivity contribution >= 4 is 17.1 Å². The molecule has 0 aliphatic rings. The standard InChI is InChI=1S/C13H16N2O4/c1-7(5-11(16)17)12(14-2)8-3-4-9-10(6-8)19-13(18)15-9/h3-4,6-7,12,14H,5H2,1-2H3,(H,15,18)(H,16,17). The van der Waals surface area contributed by atoms with E-state index in [1.165, 1.54) is 0 Å². The molecule has 2 atom stereocenters. The molecule has 0 amide bonds. The fourth-order valence-corrected chi connectivity index (χ4v) is 2.33. The number of carbonyl (C=O) groups is 1. The van der Waals surface area contributed by atoms with Crippen LogP contribution in [-0.2, 0) is 4.79 Å². The molecule has 0 radical (unpaired) electrons. The number of benzene rings is 1. The van der Waals surface area contributed by atoms with Crippen LogP contribution in [0.1, 0.15) is 24.9 Å². The van der Waals surface area contributed by atoms with Gasteiger partial charge in [0.2, 0.25) is 0 Å². The predicted octanol–water partition coefficient (Wildman–Crippen LogP) is 1.49. The fraction of sp³-hybridized carbons (Fsp3) is 0.385. The summed E-state index contributed by atoms with van der Waals surface area (Å²) >= 11 is 0. The van der Waals surface area contributed by atoms with Crippen LogP contribution < -0.4 is 11.1 Å². The zero-order valence-corrected chi connectivity index (χ0v) is 10.8. The van der Waals surface area contributed by atoms with Crippen molar-refractivity contribution in [3.05, 3.63) is 34.3 Å². The minimum atomic E-state index is -0.831. The summed E-state index contributed by atoms with van der Waals surface area (Å²) in [5.41, 5.74) is 2.01. The molecule has 0 aliphatic carbocycles. The van der Waals surface area contributed by atoms with Crippen LogP contribution in [0.5, 0.6) is 0 Å². The Hall–Kier alpha value is -2.08. The number of hydrogen-bond donors (Lipinski definition) is 3. The third kappa shape index (κ3) is 2.85. The molecule has 0 spiro atoms. The van der Waals surface area contributed by atoms with E-state index in [9.17, 15) is 9.59 Å². The van der Waals surface area contributed by atoms with Gasteiger partial charge in [0, 0.05) is 12.5 Å². The second-order valence-electron chi connectivity index (χ2n) is 4.61. The van der Waals surface area contributed by atoms with Crippen molar-refractivity contribution in [1.29, 1.82) is 0 Å². The molecular formula is C13H16N2O4. The van der Waals surface area contributed by atoms with Gasteiger partial charge < -0.3 is 14.8 Å². The number of carboxylic acids is 1. The third-order valence-electron chi connectivity index (χ3n) is 3.18. The van der Waals surface area contributed by atoms with Crippen LogP contribution in [-0.4, -0.2) is 23.1 Å². The SMILES string of the molecule is CNC(c1ccc2[nH]c(=O)oc2c1)C(C)CC(=O)O. The Bertz CT molecular complexity index is 643. The predicted molar refractivity (Wildman–Crippen MR) is 70.1 cm³/mol. The summed E-state index contributed by atoms with van der Waals surface area (Å²) in [7, 11) is 1.78. The first-order valence-electron chi connectivity index (χ1n) is 6.03. The molecule has 2 rings (SSSR count). The van der Waals surface area contributed by atoms with Gasteiger partial charge in [-0.2, -0.15) is 0 Å². The van der Waals surface area contributed by atoms with E-state index in [1.807, 2.05) is 13.0 Å². The van der Waals surface area contributed by atoms with Gasteiger partial charge >= 0.3 is 11.7 Å². The lowest BCUT2D eigenvalue weighted by molar-refractivity contribution is -0.138. The van der Waals surface area contributed by atoms with Gasteiger partial charge in [-0.15, -0.1) is 0 Å². The van der Waals surface area contributed by atoms with E-state index >= 15 is 0 Å². The summed E-state index contributed by atoms with van der Waals surface area (Å²) in [5.74, 6) is -1.40. The van der Waals surface area contributed by atoms with Gasteiger partial charge in [-0.3, -0.25) is 9.78 Å². The monoisotopic (exact) mass is 264 g/mol. The van der Waals surface area contributed by atoms with Crippen LogP contribution in [0.2, 0.25) is 0 Å². The molecule has 2 aromatic rings. The van der Waals surface area contributed by atoms with Crippen molar-refractivity contribution in [1.82, 2.24) is 10.3 Å². The van der Waals surface area contributed by atoms with Gasteiger partial charge in [-0.25, -0.2) is 4.79 Å². The zero-order valence-electron chi connectivity index (χ0n) is 10.8. The molecule has 1 aromatic carbocycles. The average molecular weight is 264 g/mol. The molecule has 0 fully saturated rings. The van der Waals surface area contributed by atoms with E-state index in [0.29, 0.717) is 11.1 Å². The number of H-pyrrole nitrogens is 1. The molecule has 0 bridgehead atoms. The molecule has 1 aromatic heterocycles. The zero-order chi connectivity index (χ0) is 14.0. The van der Waals surface area contributed by atoms with E-state index in [2.05, 4.69) is 10.3 Å². The van der Waals surface area contributed by atoms with Crippen LogP contribution in [0, 0.1) is 5.92 Å². The molecule has 2 unspecified atom stereocenters. The van der Waals surface area contributed by atoms with Gasteiger partial charge in [0.1, 0.15) is 0 Å². The number of hydrogen-bond acceptors (Lipinski definition) is 4. The van der Waals surface area contributed by atoms with Crippen molar-refractivity contribution < 1.29 is 14.3 Å². The van der Waals surface area contributed by atoms with E-state index in [4.69, 9.17) is 9.52 Å². The normalized spacial score (nSPS) is 14.4. The van der Waals surface area contributed by atoms with E-state index in [-0.39, 0.29) is 18.4 Å². The lowest BCUT2D eigenvalue weighted by atomic mass is 9.92. The smallest absolute Gasteiger partial charge is 0.417 e. The van der Waals surface area contributed by atoms with E-state index < -0.39 is 11.7 Å². The summed E-state index contributed by atoms with van der Waals surface area (Å²) in [6.45, 7) is 1.87. The molecule has 1 heterocycles. The van der Waals surface area contributed by atoms with Crippen LogP contribution in [0.15, 0.2) is 27.4 Å². The van der Waals surface area contributed by atoms with Crippen molar-refractivity contribution in [2.75, 3.05) is 7.05 Å². The maximum atomic E-state index is 11.1. The Morgan fingerprint density at radius 2 is 2.26 bits per heavy atom. The summed E-state index contributed by atoms with van der Waals surface area (Å²) < 4.78 is 5.01. The van der Waals surface area contributed by atoms with Gasteiger partial charge in [-0.05, 0) is 30.7 Å². The highest BCUT2D eigenvalue weighted by Crippen LogP contribution is 2.26. The van der Waals surface area contributed by atoms with Gasteiger partial charge in [0.15, 0.2) is 5.58 Å². The first-order chi connectivity index (χ1) is 9.01. The van der Waals surface area contributed by atoms with Gasteiger partial charge in [-0.1, -0.05) is 13.0 Å². The topological polar surface area (TPSA) is 95.3 Å². The summed E-state index contributed by atoms with van der Waals surface area (Å²) in [6.07, 6.45) is 0.0701. The number of fused-ring (bicyclic) bond motifs is 1. The highest BCUT2D eigenvalue weighted by Gasteiger charge is 2.20. The number of aliphatic carboxylic acids is 1. The fourth-order valence-electron chi connectivity index (χ4n) is 2.33. The Labute approximate surface area is 109 Å². The quantitative estimate of drug-likeness (QED) is 0.760. The maximum absolute atomic E-state index is 11.1. The second-order valence-corrected chi connectivity index (χ2v) is 4.61. The highest BCUT2D eigenvalue weighted by molar-refractivity contribution is 5.73. The Morgan fingerprint density at radius 1 is 1.53 bits per heavy atom. The summed E-state index contributed by atoms with van der Waals surface area (Å²) in [5, 5.41) is 12.0. The second kappa shape index (κ2) is 5.27. The molecule has 6 heteroatoms. The van der Waals surface area contributed by atoms with Crippen molar-refractivity contribution in [3.8, 4) is 0 Å². The van der Waals surface area contributed by atoms with E-state index in [0.717, 1.165) is 5.56 Å². The van der Waals surface area contributed by atoms with Crippen LogP contribution in [0.25, 0.3) is 11.1 Å². The third-order valence-corrected chi connectivity index (χ3v) is 3.18. The van der Waals surface area contributed by atoms with E-state index in [1.54, 1.807) is 19.2 Å². The number of rotatable bonds is 5. The number of aromatic amines is 1. The van der Waals surface area contributed by atoms with Crippen molar-refractivity contribution in [2.24, 2.45) is 5.92 Å². The maximum Gasteiger partial charge on any atom is 0.417 e. The number of aromatic nitrogens is 1. The molecule has 102 valence electrons. The van der Waals surface area contributed by atoms with Crippen LogP contribution in [0.3, 0.4) is 0 Å². The molecular weight excluding hydrogens is 248 g/mol. The first kappa shape index (κ1) is 13.4. The lowest BCUT2D eigenvalue weighted by Gasteiger charge is -2.22. The number of carboxylic acid groups (broad SMARTS) is 1. The van der Waals surface area contributed by atoms with Gasteiger partial charge in [0.25, 0.3) is 0 Å². The lowest BCUT2D eigenvalue weighted by Crippen LogP contribution is -2.25. The van der Waals surface area contributed by atoms with Crippen LogP contribution >= 0.6 is 0 Å². The van der Waals surface area contributed by atoms with Crippen LogP contribution in [0.4, 0.5) is 0 Å². The molecule has 6 nitrogen and oxygen atoms in total.